The largest absolute Gasteiger partial charge is 0.399 e. The van der Waals surface area contributed by atoms with E-state index < -0.39 is 9.84 Å². The zero-order valence-electron chi connectivity index (χ0n) is 11.5. The molecule has 5 heteroatoms. The Hall–Kier alpha value is -1.52. The molecule has 0 radical (unpaired) electrons. The van der Waals surface area contributed by atoms with Crippen molar-refractivity contribution in [2.24, 2.45) is 0 Å². The Kier molecular flexibility index (Phi) is 3.68. The third-order valence-corrected chi connectivity index (χ3v) is 5.97. The maximum atomic E-state index is 12.5. The summed E-state index contributed by atoms with van der Waals surface area (Å²) >= 11 is 6.01. The second-order valence-electron chi connectivity index (χ2n) is 5.41. The molecule has 0 aliphatic heterocycles. The second-order valence-corrected chi connectivity index (χ2v) is 7.77. The maximum absolute atomic E-state index is 12.5. The first-order valence-corrected chi connectivity index (χ1v) is 8.87. The average Bonchev–Trinajstić information content (AvgIpc) is 2.85. The molecular weight excluding hydrogens is 306 g/mol. The highest BCUT2D eigenvalue weighted by molar-refractivity contribution is 7.90. The van der Waals surface area contributed by atoms with Crippen molar-refractivity contribution < 1.29 is 8.42 Å². The summed E-state index contributed by atoms with van der Waals surface area (Å²) in [7, 11) is -3.47. The Labute approximate surface area is 129 Å². The number of fused-ring (bicyclic) bond motifs is 1. The molecule has 0 heterocycles. The third-order valence-electron chi connectivity index (χ3n) is 3.81. The minimum absolute atomic E-state index is 0.0378. The van der Waals surface area contributed by atoms with Crippen molar-refractivity contribution in [2.45, 2.75) is 29.9 Å². The van der Waals surface area contributed by atoms with Crippen LogP contribution in [0.25, 0.3) is 0 Å². The highest BCUT2D eigenvalue weighted by atomic mass is 35.5. The average molecular weight is 322 g/mol. The lowest BCUT2D eigenvalue weighted by Crippen LogP contribution is -2.06. The number of anilines is 1. The molecule has 0 unspecified atom stereocenters. The van der Waals surface area contributed by atoms with Crippen molar-refractivity contribution in [1.29, 1.82) is 0 Å². The van der Waals surface area contributed by atoms with E-state index in [2.05, 4.69) is 0 Å². The zero-order chi connectivity index (χ0) is 15.0. The Morgan fingerprint density at radius 3 is 2.57 bits per heavy atom. The minimum atomic E-state index is -3.47. The van der Waals surface area contributed by atoms with E-state index in [-0.39, 0.29) is 15.7 Å². The first kappa shape index (κ1) is 14.4. The number of hydrogen-bond acceptors (Lipinski definition) is 3. The smallest absolute Gasteiger partial charge is 0.183 e. The van der Waals surface area contributed by atoms with E-state index in [1.54, 1.807) is 6.07 Å². The number of rotatable bonds is 3. The van der Waals surface area contributed by atoms with Crippen LogP contribution < -0.4 is 5.73 Å². The topological polar surface area (TPSA) is 60.2 Å². The number of aryl methyl sites for hydroxylation is 2. The predicted octanol–water partition coefficient (Wildman–Crippen LogP) is 3.38. The Balaban J connectivity index is 1.92. The van der Waals surface area contributed by atoms with Crippen molar-refractivity contribution in [3.05, 3.63) is 58.1 Å². The maximum Gasteiger partial charge on any atom is 0.183 e. The molecule has 0 saturated heterocycles. The van der Waals surface area contributed by atoms with E-state index in [4.69, 9.17) is 17.3 Å². The van der Waals surface area contributed by atoms with E-state index in [0.29, 0.717) is 5.69 Å². The van der Waals surface area contributed by atoms with Crippen LogP contribution in [0.15, 0.2) is 41.3 Å². The van der Waals surface area contributed by atoms with Crippen LogP contribution in [0.4, 0.5) is 5.69 Å². The predicted molar refractivity (Wildman–Crippen MR) is 85.2 cm³/mol. The van der Waals surface area contributed by atoms with Crippen LogP contribution in [-0.2, 0) is 28.4 Å². The van der Waals surface area contributed by atoms with Crippen LogP contribution >= 0.6 is 11.6 Å². The van der Waals surface area contributed by atoms with E-state index >= 15 is 0 Å². The molecule has 0 aromatic heterocycles. The molecule has 1 aliphatic carbocycles. The molecule has 0 fully saturated rings. The van der Waals surface area contributed by atoms with Crippen LogP contribution in [-0.4, -0.2) is 8.42 Å². The van der Waals surface area contributed by atoms with Gasteiger partial charge in [0.05, 0.1) is 15.7 Å². The molecule has 0 saturated carbocycles. The number of benzene rings is 2. The Bertz CT molecular complexity index is 800. The second kappa shape index (κ2) is 5.35. The van der Waals surface area contributed by atoms with Crippen LogP contribution in [0.1, 0.15) is 23.1 Å². The first-order valence-electron chi connectivity index (χ1n) is 6.84. The molecule has 2 N–H and O–H groups in total. The Morgan fingerprint density at radius 2 is 1.81 bits per heavy atom. The van der Waals surface area contributed by atoms with Gasteiger partial charge in [0.25, 0.3) is 0 Å². The Morgan fingerprint density at radius 1 is 1.05 bits per heavy atom. The first-order chi connectivity index (χ1) is 9.95. The van der Waals surface area contributed by atoms with Gasteiger partial charge in [-0.15, -0.1) is 0 Å². The summed E-state index contributed by atoms with van der Waals surface area (Å²) in [6.07, 6.45) is 3.27. The molecule has 0 spiro atoms. The van der Waals surface area contributed by atoms with Gasteiger partial charge in [0.1, 0.15) is 0 Å². The van der Waals surface area contributed by atoms with Crippen LogP contribution in [0.5, 0.6) is 0 Å². The SMILES string of the molecule is Nc1ccc(S(=O)(=O)Cc2ccc3c(c2)CCC3)c(Cl)c1. The minimum Gasteiger partial charge on any atom is -0.399 e. The fraction of sp³-hybridized carbons (Fsp3) is 0.250. The van der Waals surface area contributed by atoms with Gasteiger partial charge in [0, 0.05) is 5.69 Å². The standard InChI is InChI=1S/C16H16ClNO2S/c17-15-9-14(18)6-7-16(15)21(19,20)10-11-4-5-12-2-1-3-13(12)8-11/h4-9H,1-3,10,18H2. The van der Waals surface area contributed by atoms with Crippen molar-refractivity contribution in [3.8, 4) is 0 Å². The summed E-state index contributed by atoms with van der Waals surface area (Å²) in [6.45, 7) is 0. The monoisotopic (exact) mass is 321 g/mol. The van der Waals surface area contributed by atoms with Crippen LogP contribution in [0.2, 0.25) is 5.02 Å². The lowest BCUT2D eigenvalue weighted by atomic mass is 10.1. The van der Waals surface area contributed by atoms with Gasteiger partial charge in [-0.25, -0.2) is 8.42 Å². The van der Waals surface area contributed by atoms with Gasteiger partial charge in [-0.1, -0.05) is 29.8 Å². The summed E-state index contributed by atoms with van der Waals surface area (Å²) in [5.41, 5.74) is 9.47. The quantitative estimate of drug-likeness (QED) is 0.881. The number of nitrogens with two attached hydrogens (primary N) is 1. The molecule has 0 atom stereocenters. The molecule has 1 aliphatic rings. The number of nitrogen functional groups attached to an aromatic ring is 1. The molecule has 0 bridgehead atoms. The summed E-state index contributed by atoms with van der Waals surface area (Å²) in [5.74, 6) is -0.0378. The lowest BCUT2D eigenvalue weighted by Gasteiger charge is -2.09. The molecule has 21 heavy (non-hydrogen) atoms. The summed E-state index contributed by atoms with van der Waals surface area (Å²) < 4.78 is 25.0. The number of sulfone groups is 1. The fourth-order valence-electron chi connectivity index (χ4n) is 2.78. The highest BCUT2D eigenvalue weighted by Gasteiger charge is 2.20. The molecule has 2 aromatic carbocycles. The van der Waals surface area contributed by atoms with Gasteiger partial charge in [-0.05, 0) is 54.2 Å². The molecule has 3 rings (SSSR count). The van der Waals surface area contributed by atoms with Crippen molar-refractivity contribution >= 4 is 27.1 Å². The van der Waals surface area contributed by atoms with Gasteiger partial charge >= 0.3 is 0 Å². The molecular formula is C16H16ClNO2S. The van der Waals surface area contributed by atoms with Gasteiger partial charge < -0.3 is 5.73 Å². The fourth-order valence-corrected chi connectivity index (χ4v) is 4.73. The third kappa shape index (κ3) is 2.92. The van der Waals surface area contributed by atoms with Gasteiger partial charge in [-0.3, -0.25) is 0 Å². The van der Waals surface area contributed by atoms with Crippen molar-refractivity contribution in [1.82, 2.24) is 0 Å². The van der Waals surface area contributed by atoms with E-state index in [9.17, 15) is 8.42 Å². The summed E-state index contributed by atoms with van der Waals surface area (Å²) in [4.78, 5) is 0.138. The van der Waals surface area contributed by atoms with Crippen molar-refractivity contribution in [3.63, 3.8) is 0 Å². The number of halogens is 1. The van der Waals surface area contributed by atoms with Gasteiger partial charge in [-0.2, -0.15) is 0 Å². The normalized spacial score (nSPS) is 14.1. The summed E-state index contributed by atoms with van der Waals surface area (Å²) in [6, 6.07) is 10.4. The van der Waals surface area contributed by atoms with E-state index in [0.717, 1.165) is 24.8 Å². The molecule has 2 aromatic rings. The molecule has 110 valence electrons. The molecule has 3 nitrogen and oxygen atoms in total. The summed E-state index contributed by atoms with van der Waals surface area (Å²) in [5, 5.41) is 0.177. The van der Waals surface area contributed by atoms with E-state index in [1.165, 1.54) is 23.3 Å². The van der Waals surface area contributed by atoms with Crippen molar-refractivity contribution in [2.75, 3.05) is 5.73 Å². The van der Waals surface area contributed by atoms with E-state index in [1.807, 2.05) is 18.2 Å². The number of hydrogen-bond donors (Lipinski definition) is 1. The van der Waals surface area contributed by atoms with Gasteiger partial charge in [0.15, 0.2) is 9.84 Å². The van der Waals surface area contributed by atoms with Crippen LogP contribution in [0, 0.1) is 0 Å². The van der Waals surface area contributed by atoms with Gasteiger partial charge in [0.2, 0.25) is 0 Å². The lowest BCUT2D eigenvalue weighted by molar-refractivity contribution is 0.595. The zero-order valence-corrected chi connectivity index (χ0v) is 13.0. The van der Waals surface area contributed by atoms with Crippen LogP contribution in [0.3, 0.4) is 0 Å². The highest BCUT2D eigenvalue weighted by Crippen LogP contribution is 2.28. The molecule has 0 amide bonds.